The van der Waals surface area contributed by atoms with Gasteiger partial charge < -0.3 is 9.68 Å². The third-order valence-electron chi connectivity index (χ3n) is 1.58. The first kappa shape index (κ1) is 9.98. The maximum absolute atomic E-state index is 8.94. The van der Waals surface area contributed by atoms with Crippen molar-refractivity contribution in [3.63, 3.8) is 0 Å². The van der Waals surface area contributed by atoms with Crippen LogP contribution in [-0.2, 0) is 4.65 Å². The average molecular weight is 144 g/mol. The maximum atomic E-state index is 8.94. The molecule has 0 aliphatic rings. The molecule has 0 radical (unpaired) electrons. The molecule has 0 amide bonds. The molecule has 0 unspecified atom stereocenters. The van der Waals surface area contributed by atoms with Gasteiger partial charge in [0, 0.05) is 7.11 Å². The second-order valence-corrected chi connectivity index (χ2v) is 2.54. The number of unbranched alkanes of at least 4 members (excludes halogenated alkanes) is 3. The van der Waals surface area contributed by atoms with Gasteiger partial charge in [0.2, 0.25) is 0 Å². The molecular weight excluding hydrogens is 127 g/mol. The molecule has 0 rings (SSSR count). The van der Waals surface area contributed by atoms with Crippen LogP contribution in [0.25, 0.3) is 0 Å². The Hall–Kier alpha value is -0.0151. The van der Waals surface area contributed by atoms with Crippen LogP contribution in [0.5, 0.6) is 0 Å². The van der Waals surface area contributed by atoms with Crippen LogP contribution < -0.4 is 0 Å². The van der Waals surface area contributed by atoms with Crippen molar-refractivity contribution < 1.29 is 9.68 Å². The van der Waals surface area contributed by atoms with Gasteiger partial charge in [-0.1, -0.05) is 32.6 Å². The Morgan fingerprint density at radius 2 is 2.00 bits per heavy atom. The largest absolute Gasteiger partial charge is 0.453 e. The molecule has 1 N–H and O–H groups in total. The normalized spacial score (nSPS) is 9.90. The predicted octanol–water partition coefficient (Wildman–Crippen LogP) is 1.69. The lowest BCUT2D eigenvalue weighted by Gasteiger charge is -2.01. The highest BCUT2D eigenvalue weighted by atomic mass is 16.5. The standard InChI is InChI=1S/C7H17BO2/c1-3-4-5-6-7-8(9)10-2/h9H,3-7H2,1-2H3. The molecule has 0 atom stereocenters. The van der Waals surface area contributed by atoms with Gasteiger partial charge in [-0.2, -0.15) is 0 Å². The molecule has 3 heteroatoms. The van der Waals surface area contributed by atoms with Crippen LogP contribution in [0, 0.1) is 0 Å². The smallest absolute Gasteiger partial charge is 0.427 e. The Morgan fingerprint density at radius 1 is 1.30 bits per heavy atom. The van der Waals surface area contributed by atoms with Crippen LogP contribution in [0.3, 0.4) is 0 Å². The van der Waals surface area contributed by atoms with Crippen molar-refractivity contribution in [1.82, 2.24) is 0 Å². The molecule has 0 bridgehead atoms. The van der Waals surface area contributed by atoms with Crippen LogP contribution in [0.2, 0.25) is 6.32 Å². The zero-order chi connectivity index (χ0) is 7.82. The SMILES string of the molecule is CCCCCCB(O)OC. The molecular formula is C7H17BO2. The van der Waals surface area contributed by atoms with E-state index in [1.54, 1.807) is 0 Å². The summed E-state index contributed by atoms with van der Waals surface area (Å²) in [5.74, 6) is 0. The Labute approximate surface area is 63.7 Å². The minimum atomic E-state index is -0.545. The fourth-order valence-corrected chi connectivity index (χ4v) is 0.864. The van der Waals surface area contributed by atoms with E-state index >= 15 is 0 Å². The van der Waals surface area contributed by atoms with E-state index in [1.807, 2.05) is 0 Å². The molecule has 0 aliphatic heterocycles. The first-order valence-electron chi connectivity index (χ1n) is 4.02. The summed E-state index contributed by atoms with van der Waals surface area (Å²) in [7, 11) is 0.988. The number of hydrogen-bond donors (Lipinski definition) is 1. The second kappa shape index (κ2) is 7.10. The summed E-state index contributed by atoms with van der Waals surface area (Å²) in [5, 5.41) is 8.94. The Kier molecular flexibility index (Phi) is 7.09. The summed E-state index contributed by atoms with van der Waals surface area (Å²) in [6.07, 6.45) is 5.55. The molecule has 0 heterocycles. The van der Waals surface area contributed by atoms with Crippen LogP contribution in [0.4, 0.5) is 0 Å². The van der Waals surface area contributed by atoms with Gasteiger partial charge in [-0.15, -0.1) is 0 Å². The third-order valence-corrected chi connectivity index (χ3v) is 1.58. The molecule has 0 aromatic rings. The summed E-state index contributed by atoms with van der Waals surface area (Å²) in [6.45, 7) is 2.17. The first-order chi connectivity index (χ1) is 4.81. The third kappa shape index (κ3) is 6.11. The lowest BCUT2D eigenvalue weighted by Crippen LogP contribution is -2.13. The Morgan fingerprint density at radius 3 is 2.50 bits per heavy atom. The van der Waals surface area contributed by atoms with Gasteiger partial charge in [0.25, 0.3) is 0 Å². The van der Waals surface area contributed by atoms with E-state index in [0.29, 0.717) is 0 Å². The van der Waals surface area contributed by atoms with Crippen molar-refractivity contribution in [3.05, 3.63) is 0 Å². The molecule has 60 valence electrons. The van der Waals surface area contributed by atoms with Crippen molar-refractivity contribution in [1.29, 1.82) is 0 Å². The monoisotopic (exact) mass is 144 g/mol. The number of rotatable bonds is 6. The van der Waals surface area contributed by atoms with Crippen LogP contribution >= 0.6 is 0 Å². The minimum absolute atomic E-state index is 0.545. The van der Waals surface area contributed by atoms with E-state index < -0.39 is 7.12 Å². The fourth-order valence-electron chi connectivity index (χ4n) is 0.864. The molecule has 10 heavy (non-hydrogen) atoms. The van der Waals surface area contributed by atoms with Crippen LogP contribution in [0.1, 0.15) is 32.6 Å². The maximum Gasteiger partial charge on any atom is 0.453 e. The van der Waals surface area contributed by atoms with Crippen LogP contribution in [0.15, 0.2) is 0 Å². The topological polar surface area (TPSA) is 29.5 Å². The average Bonchev–Trinajstić information content (AvgIpc) is 1.98. The fraction of sp³-hybridized carbons (Fsp3) is 1.00. The van der Waals surface area contributed by atoms with Crippen molar-refractivity contribution in [2.24, 2.45) is 0 Å². The molecule has 0 fully saturated rings. The summed E-state index contributed by atoms with van der Waals surface area (Å²) >= 11 is 0. The van der Waals surface area contributed by atoms with Gasteiger partial charge in [-0.3, -0.25) is 0 Å². The van der Waals surface area contributed by atoms with Gasteiger partial charge in [-0.25, -0.2) is 0 Å². The molecule has 0 saturated carbocycles. The van der Waals surface area contributed by atoms with Gasteiger partial charge in [-0.05, 0) is 6.32 Å². The summed E-state index contributed by atoms with van der Waals surface area (Å²) in [6, 6.07) is 0. The number of hydrogen-bond acceptors (Lipinski definition) is 2. The first-order valence-corrected chi connectivity index (χ1v) is 4.02. The van der Waals surface area contributed by atoms with E-state index in [4.69, 9.17) is 5.02 Å². The molecule has 0 saturated heterocycles. The van der Waals surface area contributed by atoms with Crippen molar-refractivity contribution in [2.75, 3.05) is 7.11 Å². The quantitative estimate of drug-likeness (QED) is 0.454. The lowest BCUT2D eigenvalue weighted by atomic mass is 9.83. The summed E-state index contributed by atoms with van der Waals surface area (Å²) in [4.78, 5) is 0. The molecule has 0 aromatic carbocycles. The van der Waals surface area contributed by atoms with E-state index in [9.17, 15) is 0 Å². The van der Waals surface area contributed by atoms with Gasteiger partial charge in [0.1, 0.15) is 0 Å². The van der Waals surface area contributed by atoms with E-state index in [1.165, 1.54) is 26.4 Å². The predicted molar refractivity (Wildman–Crippen MR) is 43.9 cm³/mol. The van der Waals surface area contributed by atoms with Gasteiger partial charge >= 0.3 is 7.12 Å². The minimum Gasteiger partial charge on any atom is -0.427 e. The highest BCUT2D eigenvalue weighted by Crippen LogP contribution is 2.04. The summed E-state index contributed by atoms with van der Waals surface area (Å²) < 4.78 is 4.69. The lowest BCUT2D eigenvalue weighted by molar-refractivity contribution is 0.324. The summed E-state index contributed by atoms with van der Waals surface area (Å²) in [5.41, 5.74) is 0. The molecule has 0 aromatic heterocycles. The van der Waals surface area contributed by atoms with Crippen molar-refractivity contribution >= 4 is 7.12 Å². The van der Waals surface area contributed by atoms with E-state index in [2.05, 4.69) is 11.6 Å². The van der Waals surface area contributed by atoms with Gasteiger partial charge in [0.15, 0.2) is 0 Å². The van der Waals surface area contributed by atoms with Crippen molar-refractivity contribution in [2.45, 2.75) is 38.9 Å². The van der Waals surface area contributed by atoms with Gasteiger partial charge in [0.05, 0.1) is 0 Å². The van der Waals surface area contributed by atoms with E-state index in [-0.39, 0.29) is 0 Å². The highest BCUT2D eigenvalue weighted by Gasteiger charge is 2.07. The van der Waals surface area contributed by atoms with E-state index in [0.717, 1.165) is 12.7 Å². The molecule has 2 nitrogen and oxygen atoms in total. The zero-order valence-electron chi connectivity index (χ0n) is 6.97. The van der Waals surface area contributed by atoms with Crippen LogP contribution in [-0.4, -0.2) is 19.3 Å². The molecule has 0 spiro atoms. The van der Waals surface area contributed by atoms with Crippen molar-refractivity contribution in [3.8, 4) is 0 Å². The Bertz CT molecular complexity index is 68.6. The Balaban J connectivity index is 2.89. The zero-order valence-corrected chi connectivity index (χ0v) is 6.97. The molecule has 0 aliphatic carbocycles. The second-order valence-electron chi connectivity index (χ2n) is 2.54. The highest BCUT2D eigenvalue weighted by molar-refractivity contribution is 6.42.